The first-order valence-corrected chi connectivity index (χ1v) is 10.1. The Morgan fingerprint density at radius 3 is 2.43 bits per heavy atom. The molecule has 4 nitrogen and oxygen atoms in total. The molecule has 0 radical (unpaired) electrons. The van der Waals surface area contributed by atoms with Gasteiger partial charge in [0.2, 0.25) is 0 Å². The Balaban J connectivity index is 0.00000280. The van der Waals surface area contributed by atoms with Crippen LogP contribution in [0, 0.1) is 5.92 Å². The molecule has 0 atom stereocenters. The van der Waals surface area contributed by atoms with Gasteiger partial charge in [-0.3, -0.25) is 5.32 Å². The number of amides is 1. The molecule has 2 aromatic rings. The Hall–Kier alpha value is -2.04. The minimum Gasteiger partial charge on any atom is -0.410 e. The van der Waals surface area contributed by atoms with E-state index >= 15 is 0 Å². The van der Waals surface area contributed by atoms with E-state index in [1.54, 1.807) is 0 Å². The first kappa shape index (κ1) is 22.3. The van der Waals surface area contributed by atoms with E-state index in [1.807, 2.05) is 42.5 Å². The highest BCUT2D eigenvalue weighted by Crippen LogP contribution is 2.29. The van der Waals surface area contributed by atoms with Crippen LogP contribution in [0.3, 0.4) is 0 Å². The molecule has 0 unspecified atom stereocenters. The Morgan fingerprint density at radius 2 is 1.79 bits per heavy atom. The van der Waals surface area contributed by atoms with Gasteiger partial charge in [-0.15, -0.1) is 12.4 Å². The monoisotopic (exact) mass is 402 g/mol. The van der Waals surface area contributed by atoms with E-state index in [-0.39, 0.29) is 12.4 Å². The molecule has 0 spiro atoms. The Kier molecular flexibility index (Phi) is 9.32. The topological polar surface area (TPSA) is 41.6 Å². The summed E-state index contributed by atoms with van der Waals surface area (Å²) < 4.78 is 5.34. The number of benzene rings is 2. The van der Waals surface area contributed by atoms with Crippen molar-refractivity contribution < 1.29 is 9.53 Å². The third-order valence-electron chi connectivity index (χ3n) is 4.85. The maximum absolute atomic E-state index is 11.9. The predicted molar refractivity (Wildman–Crippen MR) is 118 cm³/mol. The zero-order valence-electron chi connectivity index (χ0n) is 16.6. The first-order chi connectivity index (χ1) is 13.2. The number of anilines is 1. The lowest BCUT2D eigenvalue weighted by Crippen LogP contribution is -2.28. The van der Waals surface area contributed by atoms with Gasteiger partial charge in [0.25, 0.3) is 0 Å². The summed E-state index contributed by atoms with van der Waals surface area (Å²) in [6, 6.07) is 17.1. The van der Waals surface area contributed by atoms with Crippen LogP contribution in [-0.2, 0) is 6.42 Å². The second-order valence-corrected chi connectivity index (χ2v) is 7.37. The average molecular weight is 403 g/mol. The molecule has 1 fully saturated rings. The SMILES string of the molecule is CCCN(CCCc1ccc(OC(=O)Nc2ccccc2)cc1)CC1CC1.Cl. The van der Waals surface area contributed by atoms with E-state index in [4.69, 9.17) is 4.74 Å². The Bertz CT molecular complexity index is 702. The number of nitrogens with zero attached hydrogens (tertiary/aromatic N) is 1. The van der Waals surface area contributed by atoms with Gasteiger partial charge in [-0.2, -0.15) is 0 Å². The smallest absolute Gasteiger partial charge is 0.410 e. The van der Waals surface area contributed by atoms with E-state index < -0.39 is 6.09 Å². The highest BCUT2D eigenvalue weighted by Gasteiger charge is 2.23. The van der Waals surface area contributed by atoms with Crippen molar-refractivity contribution in [3.05, 3.63) is 60.2 Å². The molecule has 5 heteroatoms. The van der Waals surface area contributed by atoms with E-state index in [1.165, 1.54) is 50.9 Å². The van der Waals surface area contributed by atoms with Crippen LogP contribution in [0.25, 0.3) is 0 Å². The van der Waals surface area contributed by atoms with Crippen molar-refractivity contribution in [1.82, 2.24) is 4.90 Å². The van der Waals surface area contributed by atoms with Crippen LogP contribution in [0.4, 0.5) is 10.5 Å². The number of nitrogens with one attached hydrogen (secondary N) is 1. The van der Waals surface area contributed by atoms with Gasteiger partial charge in [0.05, 0.1) is 0 Å². The number of aryl methyl sites for hydroxylation is 1. The molecule has 1 amide bonds. The third kappa shape index (κ3) is 7.91. The lowest BCUT2D eigenvalue weighted by Gasteiger charge is -2.21. The molecule has 0 heterocycles. The van der Waals surface area contributed by atoms with E-state index in [0.29, 0.717) is 5.75 Å². The summed E-state index contributed by atoms with van der Waals surface area (Å²) >= 11 is 0. The van der Waals surface area contributed by atoms with Crippen molar-refractivity contribution >= 4 is 24.2 Å². The van der Waals surface area contributed by atoms with E-state index in [0.717, 1.165) is 18.0 Å². The number of hydrogen-bond acceptors (Lipinski definition) is 3. The number of ether oxygens (including phenoxy) is 1. The number of para-hydroxylation sites is 1. The Labute approximate surface area is 174 Å². The molecule has 2 aromatic carbocycles. The number of halogens is 1. The minimum absolute atomic E-state index is 0. The average Bonchev–Trinajstić information content (AvgIpc) is 3.48. The summed E-state index contributed by atoms with van der Waals surface area (Å²) in [5, 5.41) is 2.72. The lowest BCUT2D eigenvalue weighted by atomic mass is 10.1. The van der Waals surface area contributed by atoms with Gasteiger partial charge in [0, 0.05) is 12.2 Å². The fourth-order valence-corrected chi connectivity index (χ4v) is 3.28. The summed E-state index contributed by atoms with van der Waals surface area (Å²) in [6.45, 7) is 5.91. The van der Waals surface area contributed by atoms with Gasteiger partial charge >= 0.3 is 6.09 Å². The zero-order chi connectivity index (χ0) is 18.9. The summed E-state index contributed by atoms with van der Waals surface area (Å²) in [5.74, 6) is 1.52. The van der Waals surface area contributed by atoms with Crippen molar-refractivity contribution in [2.24, 2.45) is 5.92 Å². The second kappa shape index (κ2) is 11.7. The molecule has 28 heavy (non-hydrogen) atoms. The van der Waals surface area contributed by atoms with Gasteiger partial charge in [0.15, 0.2) is 0 Å². The van der Waals surface area contributed by atoms with Crippen LogP contribution in [0.1, 0.15) is 38.2 Å². The first-order valence-electron chi connectivity index (χ1n) is 10.1. The third-order valence-corrected chi connectivity index (χ3v) is 4.85. The van der Waals surface area contributed by atoms with E-state index in [2.05, 4.69) is 29.3 Å². The number of hydrogen-bond donors (Lipinski definition) is 1. The quantitative estimate of drug-likeness (QED) is 0.548. The van der Waals surface area contributed by atoms with Gasteiger partial charge in [0.1, 0.15) is 5.75 Å². The summed E-state index contributed by atoms with van der Waals surface area (Å²) in [5.41, 5.74) is 2.01. The van der Waals surface area contributed by atoms with Crippen molar-refractivity contribution in [2.75, 3.05) is 25.0 Å². The van der Waals surface area contributed by atoms with Crippen molar-refractivity contribution in [3.8, 4) is 5.75 Å². The molecular formula is C23H31ClN2O2. The molecule has 0 bridgehead atoms. The van der Waals surface area contributed by atoms with Gasteiger partial charge in [-0.05, 0) is 80.9 Å². The number of carbonyl (C=O) groups is 1. The fourth-order valence-electron chi connectivity index (χ4n) is 3.28. The maximum atomic E-state index is 11.9. The van der Waals surface area contributed by atoms with Gasteiger partial charge in [-0.25, -0.2) is 4.79 Å². The molecule has 1 aliphatic carbocycles. The van der Waals surface area contributed by atoms with Gasteiger partial charge in [-0.1, -0.05) is 37.3 Å². The molecule has 1 aliphatic rings. The number of rotatable bonds is 10. The molecule has 152 valence electrons. The normalized spacial score (nSPS) is 13.1. The van der Waals surface area contributed by atoms with E-state index in [9.17, 15) is 4.79 Å². The molecule has 3 rings (SSSR count). The summed E-state index contributed by atoms with van der Waals surface area (Å²) in [4.78, 5) is 14.5. The molecule has 1 saturated carbocycles. The van der Waals surface area contributed by atoms with Crippen LogP contribution >= 0.6 is 12.4 Å². The van der Waals surface area contributed by atoms with Gasteiger partial charge < -0.3 is 9.64 Å². The zero-order valence-corrected chi connectivity index (χ0v) is 17.4. The van der Waals surface area contributed by atoms with Crippen LogP contribution in [0.15, 0.2) is 54.6 Å². The van der Waals surface area contributed by atoms with Crippen LogP contribution in [0.2, 0.25) is 0 Å². The molecular weight excluding hydrogens is 372 g/mol. The van der Waals surface area contributed by atoms with Crippen molar-refractivity contribution in [3.63, 3.8) is 0 Å². The second-order valence-electron chi connectivity index (χ2n) is 7.37. The van der Waals surface area contributed by atoms with Crippen LogP contribution in [0.5, 0.6) is 5.75 Å². The maximum Gasteiger partial charge on any atom is 0.417 e. The fraction of sp³-hybridized carbons (Fsp3) is 0.435. The molecule has 0 aromatic heterocycles. The molecule has 1 N–H and O–H groups in total. The van der Waals surface area contributed by atoms with Crippen molar-refractivity contribution in [1.29, 1.82) is 0 Å². The predicted octanol–water partition coefficient (Wildman–Crippen LogP) is 5.77. The van der Waals surface area contributed by atoms with Crippen molar-refractivity contribution in [2.45, 2.75) is 39.0 Å². The summed E-state index contributed by atoms with van der Waals surface area (Å²) in [7, 11) is 0. The highest BCUT2D eigenvalue weighted by atomic mass is 35.5. The standard InChI is InChI=1S/C23H30N2O2.ClH/c1-2-16-25(18-20-10-11-20)17-6-7-19-12-14-22(15-13-19)27-23(26)24-21-8-4-3-5-9-21;/h3-5,8-9,12-15,20H,2,6-7,10-11,16-18H2,1H3,(H,24,26);1H. The van der Waals surface area contributed by atoms with Crippen LogP contribution in [-0.4, -0.2) is 30.6 Å². The highest BCUT2D eigenvalue weighted by molar-refractivity contribution is 5.86. The largest absolute Gasteiger partial charge is 0.417 e. The minimum atomic E-state index is -0.468. The Morgan fingerprint density at radius 1 is 1.07 bits per heavy atom. The summed E-state index contributed by atoms with van der Waals surface area (Å²) in [6.07, 6.45) is 5.82. The van der Waals surface area contributed by atoms with Crippen LogP contribution < -0.4 is 10.1 Å². The molecule has 0 aliphatic heterocycles. The molecule has 0 saturated heterocycles. The number of carbonyl (C=O) groups excluding carboxylic acids is 1. The lowest BCUT2D eigenvalue weighted by molar-refractivity contribution is 0.215.